The number of benzene rings is 1. The van der Waals surface area contributed by atoms with Crippen LogP contribution in [0.1, 0.15) is 31.1 Å². The molecule has 1 heterocycles. The van der Waals surface area contributed by atoms with Gasteiger partial charge in [-0.15, -0.1) is 0 Å². The largest absolute Gasteiger partial charge is 0.493 e. The molecule has 2 N–H and O–H groups in total. The smallest absolute Gasteiger partial charge is 0.204 e. The van der Waals surface area contributed by atoms with Crippen LogP contribution in [-0.4, -0.2) is 21.3 Å². The maximum absolute atomic E-state index is 5.85. The second-order valence-electron chi connectivity index (χ2n) is 4.82. The number of ether oxygens (including phenoxy) is 3. The molecule has 0 atom stereocenters. The van der Waals surface area contributed by atoms with Crippen molar-refractivity contribution in [2.24, 2.45) is 5.73 Å². The number of rotatable bonds is 5. The molecule has 0 amide bonds. The molecule has 1 aromatic heterocycles. The van der Waals surface area contributed by atoms with E-state index in [0.29, 0.717) is 29.4 Å². The van der Waals surface area contributed by atoms with Gasteiger partial charge in [0.15, 0.2) is 11.5 Å². The lowest BCUT2D eigenvalue weighted by atomic mass is 9.98. The lowest BCUT2D eigenvalue weighted by Crippen LogP contribution is -2.01. The Hall–Kier alpha value is -1.88. The molecule has 5 nitrogen and oxygen atoms in total. The average Bonchev–Trinajstić information content (AvgIpc) is 2.83. The van der Waals surface area contributed by atoms with Gasteiger partial charge >= 0.3 is 0 Å². The SMILES string of the molecule is COc1cc2oc(CN)c(C(C)C)c2c(OC)c1OC. The van der Waals surface area contributed by atoms with Gasteiger partial charge in [-0.1, -0.05) is 13.8 Å². The summed E-state index contributed by atoms with van der Waals surface area (Å²) in [5.41, 5.74) is 7.54. The van der Waals surface area contributed by atoms with Crippen LogP contribution in [0.3, 0.4) is 0 Å². The van der Waals surface area contributed by atoms with Crippen molar-refractivity contribution in [2.45, 2.75) is 26.3 Å². The highest BCUT2D eigenvalue weighted by Crippen LogP contribution is 2.47. The molecule has 0 saturated heterocycles. The van der Waals surface area contributed by atoms with Gasteiger partial charge in [-0.2, -0.15) is 0 Å². The van der Waals surface area contributed by atoms with E-state index in [1.54, 1.807) is 21.3 Å². The molecule has 0 aliphatic carbocycles. The topological polar surface area (TPSA) is 66.9 Å². The Morgan fingerprint density at radius 3 is 2.20 bits per heavy atom. The molecule has 110 valence electrons. The van der Waals surface area contributed by atoms with E-state index in [2.05, 4.69) is 13.8 Å². The summed E-state index contributed by atoms with van der Waals surface area (Å²) < 4.78 is 22.1. The van der Waals surface area contributed by atoms with E-state index in [-0.39, 0.29) is 5.92 Å². The molecule has 2 rings (SSSR count). The van der Waals surface area contributed by atoms with E-state index in [1.165, 1.54) is 0 Å². The maximum atomic E-state index is 5.85. The fourth-order valence-electron chi connectivity index (χ4n) is 2.56. The first-order chi connectivity index (χ1) is 9.58. The molecule has 0 fully saturated rings. The Labute approximate surface area is 118 Å². The van der Waals surface area contributed by atoms with Gasteiger partial charge in [0.05, 0.1) is 33.3 Å². The predicted octanol–water partition coefficient (Wildman–Crippen LogP) is 3.04. The number of nitrogens with two attached hydrogens (primary N) is 1. The molecule has 1 aromatic carbocycles. The van der Waals surface area contributed by atoms with Crippen LogP contribution < -0.4 is 19.9 Å². The van der Waals surface area contributed by atoms with E-state index in [1.807, 2.05) is 6.07 Å². The fraction of sp³-hybridized carbons (Fsp3) is 0.467. The van der Waals surface area contributed by atoms with Gasteiger partial charge in [0.25, 0.3) is 0 Å². The second-order valence-corrected chi connectivity index (χ2v) is 4.82. The summed E-state index contributed by atoms with van der Waals surface area (Å²) in [6, 6.07) is 1.81. The molecule has 0 spiro atoms. The molecule has 20 heavy (non-hydrogen) atoms. The summed E-state index contributed by atoms with van der Waals surface area (Å²) in [4.78, 5) is 0. The summed E-state index contributed by atoms with van der Waals surface area (Å²) in [7, 11) is 4.78. The Kier molecular flexibility index (Phi) is 4.09. The highest BCUT2D eigenvalue weighted by Gasteiger charge is 2.25. The average molecular weight is 279 g/mol. The first kappa shape index (κ1) is 14.5. The molecular formula is C15H21NO4. The highest BCUT2D eigenvalue weighted by atomic mass is 16.5. The first-order valence-corrected chi connectivity index (χ1v) is 6.53. The van der Waals surface area contributed by atoms with Gasteiger partial charge < -0.3 is 24.4 Å². The van der Waals surface area contributed by atoms with Crippen LogP contribution in [0.15, 0.2) is 10.5 Å². The van der Waals surface area contributed by atoms with E-state index >= 15 is 0 Å². The monoisotopic (exact) mass is 279 g/mol. The van der Waals surface area contributed by atoms with E-state index in [0.717, 1.165) is 16.7 Å². The van der Waals surface area contributed by atoms with Crippen molar-refractivity contribution in [1.29, 1.82) is 0 Å². The maximum Gasteiger partial charge on any atom is 0.204 e. The van der Waals surface area contributed by atoms with Crippen LogP contribution in [0.25, 0.3) is 11.0 Å². The number of hydrogen-bond donors (Lipinski definition) is 1. The van der Waals surface area contributed by atoms with Crippen LogP contribution in [0, 0.1) is 0 Å². The van der Waals surface area contributed by atoms with Crippen LogP contribution in [0.5, 0.6) is 17.2 Å². The molecule has 0 aliphatic rings. The normalized spacial score (nSPS) is 11.2. The Balaban J connectivity index is 2.91. The Morgan fingerprint density at radius 1 is 1.10 bits per heavy atom. The van der Waals surface area contributed by atoms with Gasteiger partial charge in [-0.25, -0.2) is 0 Å². The third-order valence-electron chi connectivity index (χ3n) is 3.36. The number of fused-ring (bicyclic) bond motifs is 1. The molecule has 0 radical (unpaired) electrons. The quantitative estimate of drug-likeness (QED) is 0.911. The minimum absolute atomic E-state index is 0.266. The molecule has 0 saturated carbocycles. The van der Waals surface area contributed by atoms with Crippen molar-refractivity contribution < 1.29 is 18.6 Å². The lowest BCUT2D eigenvalue weighted by molar-refractivity contribution is 0.326. The highest BCUT2D eigenvalue weighted by molar-refractivity contribution is 5.93. The summed E-state index contributed by atoms with van der Waals surface area (Å²) in [6.45, 7) is 4.54. The van der Waals surface area contributed by atoms with Gasteiger partial charge in [0, 0.05) is 11.6 Å². The van der Waals surface area contributed by atoms with Crippen molar-refractivity contribution in [1.82, 2.24) is 0 Å². The minimum Gasteiger partial charge on any atom is -0.493 e. The third-order valence-corrected chi connectivity index (χ3v) is 3.36. The molecule has 0 aliphatic heterocycles. The van der Waals surface area contributed by atoms with Crippen molar-refractivity contribution in [3.8, 4) is 17.2 Å². The van der Waals surface area contributed by atoms with Crippen molar-refractivity contribution in [3.63, 3.8) is 0 Å². The Morgan fingerprint density at radius 2 is 1.75 bits per heavy atom. The molecule has 5 heteroatoms. The first-order valence-electron chi connectivity index (χ1n) is 6.53. The van der Waals surface area contributed by atoms with Crippen molar-refractivity contribution in [3.05, 3.63) is 17.4 Å². The van der Waals surface area contributed by atoms with Crippen molar-refractivity contribution >= 4 is 11.0 Å². The zero-order valence-electron chi connectivity index (χ0n) is 12.6. The van der Waals surface area contributed by atoms with E-state index < -0.39 is 0 Å². The van der Waals surface area contributed by atoms with Gasteiger partial charge in [0.1, 0.15) is 11.3 Å². The van der Waals surface area contributed by atoms with Crippen LogP contribution in [0.4, 0.5) is 0 Å². The van der Waals surface area contributed by atoms with Crippen LogP contribution in [0.2, 0.25) is 0 Å². The molecule has 0 unspecified atom stereocenters. The minimum atomic E-state index is 0.266. The number of methoxy groups -OCH3 is 3. The van der Waals surface area contributed by atoms with E-state index in [4.69, 9.17) is 24.4 Å². The fourth-order valence-corrected chi connectivity index (χ4v) is 2.56. The van der Waals surface area contributed by atoms with Crippen LogP contribution >= 0.6 is 0 Å². The lowest BCUT2D eigenvalue weighted by Gasteiger charge is -2.14. The van der Waals surface area contributed by atoms with Gasteiger partial charge in [0.2, 0.25) is 5.75 Å². The van der Waals surface area contributed by atoms with Crippen LogP contribution in [-0.2, 0) is 6.54 Å². The Bertz CT molecular complexity index is 616. The van der Waals surface area contributed by atoms with E-state index in [9.17, 15) is 0 Å². The zero-order chi connectivity index (χ0) is 14.9. The molecular weight excluding hydrogens is 258 g/mol. The summed E-state index contributed by atoms with van der Waals surface area (Å²) in [6.07, 6.45) is 0. The van der Waals surface area contributed by atoms with Crippen molar-refractivity contribution in [2.75, 3.05) is 21.3 Å². The number of furan rings is 1. The molecule has 2 aromatic rings. The summed E-state index contributed by atoms with van der Waals surface area (Å²) in [5.74, 6) is 2.79. The van der Waals surface area contributed by atoms with Gasteiger partial charge in [-0.05, 0) is 5.92 Å². The molecule has 0 bridgehead atoms. The second kappa shape index (κ2) is 5.63. The summed E-state index contributed by atoms with van der Waals surface area (Å²) >= 11 is 0. The predicted molar refractivity (Wildman–Crippen MR) is 77.9 cm³/mol. The van der Waals surface area contributed by atoms with Gasteiger partial charge in [-0.3, -0.25) is 0 Å². The third kappa shape index (κ3) is 2.08. The zero-order valence-corrected chi connectivity index (χ0v) is 12.6. The standard InChI is InChI=1S/C15H21NO4/c1-8(2)12-11(7-16)20-9-6-10(17-3)14(18-4)15(19-5)13(9)12/h6,8H,7,16H2,1-5H3. The summed E-state index contributed by atoms with van der Waals surface area (Å²) in [5, 5.41) is 0.903. The number of hydrogen-bond acceptors (Lipinski definition) is 5.